The van der Waals surface area contributed by atoms with E-state index in [9.17, 15) is 9.18 Å². The van der Waals surface area contributed by atoms with Crippen LogP contribution in [0.25, 0.3) is 0 Å². The van der Waals surface area contributed by atoms with Crippen LogP contribution in [0.2, 0.25) is 0 Å². The van der Waals surface area contributed by atoms with Crippen molar-refractivity contribution in [2.75, 3.05) is 26.3 Å². The molecule has 19 heavy (non-hydrogen) atoms. The van der Waals surface area contributed by atoms with Gasteiger partial charge in [-0.1, -0.05) is 12.1 Å². The second kappa shape index (κ2) is 6.12. The highest BCUT2D eigenvalue weighted by molar-refractivity contribution is 5.77. The van der Waals surface area contributed by atoms with Gasteiger partial charge in [0.1, 0.15) is 5.82 Å². The SMILES string of the molecule is NCC(=O)NCC1(c2ccc(F)cc2)CCOCC1. The summed E-state index contributed by atoms with van der Waals surface area (Å²) in [5.41, 5.74) is 6.16. The lowest BCUT2D eigenvalue weighted by molar-refractivity contribution is -0.120. The van der Waals surface area contributed by atoms with Crippen molar-refractivity contribution in [1.29, 1.82) is 0 Å². The fourth-order valence-corrected chi connectivity index (χ4v) is 2.47. The van der Waals surface area contributed by atoms with Gasteiger partial charge in [0, 0.05) is 25.2 Å². The Hall–Kier alpha value is -1.46. The standard InChI is InChI=1S/C14H19FN2O2/c15-12-3-1-11(2-4-12)14(5-7-19-8-6-14)10-17-13(18)9-16/h1-4H,5-10,16H2,(H,17,18). The number of nitrogens with one attached hydrogen (secondary N) is 1. The number of amides is 1. The van der Waals surface area contributed by atoms with Crippen molar-refractivity contribution in [2.45, 2.75) is 18.3 Å². The molecule has 1 aromatic carbocycles. The van der Waals surface area contributed by atoms with Gasteiger partial charge in [0.05, 0.1) is 6.54 Å². The number of carbonyl (C=O) groups excluding carboxylic acids is 1. The largest absolute Gasteiger partial charge is 0.381 e. The molecule has 3 N–H and O–H groups in total. The van der Waals surface area contributed by atoms with Crippen molar-refractivity contribution in [2.24, 2.45) is 5.73 Å². The molecule has 0 bridgehead atoms. The summed E-state index contributed by atoms with van der Waals surface area (Å²) < 4.78 is 18.4. The van der Waals surface area contributed by atoms with Crippen LogP contribution in [0, 0.1) is 5.82 Å². The molecule has 0 spiro atoms. The normalized spacial score (nSPS) is 18.0. The zero-order valence-electron chi connectivity index (χ0n) is 10.8. The Labute approximate surface area is 112 Å². The van der Waals surface area contributed by atoms with E-state index in [1.165, 1.54) is 12.1 Å². The summed E-state index contributed by atoms with van der Waals surface area (Å²) in [6, 6.07) is 6.49. The van der Waals surface area contributed by atoms with E-state index >= 15 is 0 Å². The highest BCUT2D eigenvalue weighted by Crippen LogP contribution is 2.34. The van der Waals surface area contributed by atoms with Crippen molar-refractivity contribution in [3.63, 3.8) is 0 Å². The lowest BCUT2D eigenvalue weighted by Crippen LogP contribution is -2.46. The Bertz CT molecular complexity index is 428. The fourth-order valence-electron chi connectivity index (χ4n) is 2.47. The first kappa shape index (κ1) is 14.0. The first-order valence-corrected chi connectivity index (χ1v) is 6.47. The van der Waals surface area contributed by atoms with E-state index in [2.05, 4.69) is 5.32 Å². The Balaban J connectivity index is 2.18. The maximum absolute atomic E-state index is 13.0. The Morgan fingerprint density at radius 1 is 1.32 bits per heavy atom. The van der Waals surface area contributed by atoms with Crippen LogP contribution in [-0.4, -0.2) is 32.2 Å². The van der Waals surface area contributed by atoms with E-state index in [1.807, 2.05) is 0 Å². The minimum atomic E-state index is -0.253. The van der Waals surface area contributed by atoms with Crippen LogP contribution >= 0.6 is 0 Å². The van der Waals surface area contributed by atoms with Crippen molar-refractivity contribution in [3.8, 4) is 0 Å². The number of halogens is 1. The molecule has 5 heteroatoms. The molecule has 0 aromatic heterocycles. The molecule has 0 unspecified atom stereocenters. The van der Waals surface area contributed by atoms with E-state index in [1.54, 1.807) is 12.1 Å². The number of carbonyl (C=O) groups is 1. The molecule has 1 aromatic rings. The van der Waals surface area contributed by atoms with Crippen LogP contribution < -0.4 is 11.1 Å². The molecule has 1 amide bonds. The van der Waals surface area contributed by atoms with Gasteiger partial charge in [-0.2, -0.15) is 0 Å². The Morgan fingerprint density at radius 3 is 2.53 bits per heavy atom. The van der Waals surface area contributed by atoms with Gasteiger partial charge in [0.25, 0.3) is 0 Å². The van der Waals surface area contributed by atoms with Crippen molar-refractivity contribution >= 4 is 5.91 Å². The zero-order chi connectivity index (χ0) is 13.7. The van der Waals surface area contributed by atoms with Gasteiger partial charge in [-0.25, -0.2) is 4.39 Å². The minimum absolute atomic E-state index is 0.0179. The van der Waals surface area contributed by atoms with Crippen molar-refractivity contribution < 1.29 is 13.9 Å². The molecule has 0 radical (unpaired) electrons. The highest BCUT2D eigenvalue weighted by Gasteiger charge is 2.34. The van der Waals surface area contributed by atoms with Gasteiger partial charge >= 0.3 is 0 Å². The van der Waals surface area contributed by atoms with Crippen LogP contribution in [-0.2, 0) is 14.9 Å². The van der Waals surface area contributed by atoms with Crippen LogP contribution in [0.15, 0.2) is 24.3 Å². The summed E-state index contributed by atoms with van der Waals surface area (Å²) in [4.78, 5) is 11.4. The summed E-state index contributed by atoms with van der Waals surface area (Å²) in [5.74, 6) is -0.426. The maximum atomic E-state index is 13.0. The van der Waals surface area contributed by atoms with E-state index < -0.39 is 0 Å². The zero-order valence-corrected chi connectivity index (χ0v) is 10.8. The second-order valence-corrected chi connectivity index (χ2v) is 4.88. The average Bonchev–Trinajstić information content (AvgIpc) is 2.46. The summed E-state index contributed by atoms with van der Waals surface area (Å²) in [7, 11) is 0. The monoisotopic (exact) mass is 266 g/mol. The number of nitrogens with two attached hydrogens (primary N) is 1. The summed E-state index contributed by atoms with van der Waals surface area (Å²) in [5, 5.41) is 2.84. The molecule has 1 aliphatic heterocycles. The predicted octanol–water partition coefficient (Wildman–Crippen LogP) is 0.949. The lowest BCUT2D eigenvalue weighted by atomic mass is 9.74. The number of hydrogen-bond donors (Lipinski definition) is 2. The van der Waals surface area contributed by atoms with Gasteiger partial charge in [-0.05, 0) is 30.5 Å². The predicted molar refractivity (Wildman–Crippen MR) is 70.2 cm³/mol. The molecule has 1 saturated heterocycles. The minimum Gasteiger partial charge on any atom is -0.381 e. The highest BCUT2D eigenvalue weighted by atomic mass is 19.1. The topological polar surface area (TPSA) is 64.4 Å². The number of rotatable bonds is 4. The number of benzene rings is 1. The second-order valence-electron chi connectivity index (χ2n) is 4.88. The van der Waals surface area contributed by atoms with E-state index in [0.717, 1.165) is 18.4 Å². The fraction of sp³-hybridized carbons (Fsp3) is 0.500. The molecule has 0 atom stereocenters. The van der Waals surface area contributed by atoms with Crippen molar-refractivity contribution in [3.05, 3.63) is 35.6 Å². The van der Waals surface area contributed by atoms with E-state index in [4.69, 9.17) is 10.5 Å². The first-order chi connectivity index (χ1) is 9.16. The van der Waals surface area contributed by atoms with Crippen LogP contribution in [0.3, 0.4) is 0 Å². The molecule has 1 heterocycles. The molecule has 1 fully saturated rings. The van der Waals surface area contributed by atoms with Crippen molar-refractivity contribution in [1.82, 2.24) is 5.32 Å². The lowest BCUT2D eigenvalue weighted by Gasteiger charge is -2.38. The third kappa shape index (κ3) is 3.30. The number of ether oxygens (including phenoxy) is 1. The molecule has 2 rings (SSSR count). The van der Waals surface area contributed by atoms with Gasteiger partial charge in [-0.3, -0.25) is 4.79 Å². The Morgan fingerprint density at radius 2 is 1.95 bits per heavy atom. The summed E-state index contributed by atoms with van der Waals surface area (Å²) >= 11 is 0. The Kier molecular flexibility index (Phi) is 4.50. The maximum Gasteiger partial charge on any atom is 0.233 e. The van der Waals surface area contributed by atoms with Gasteiger partial charge in [0.2, 0.25) is 5.91 Å². The first-order valence-electron chi connectivity index (χ1n) is 6.47. The molecule has 1 aliphatic rings. The van der Waals surface area contributed by atoms with E-state index in [-0.39, 0.29) is 23.7 Å². The summed E-state index contributed by atoms with van der Waals surface area (Å²) in [6.45, 7) is 1.79. The number of hydrogen-bond acceptors (Lipinski definition) is 3. The molecular weight excluding hydrogens is 247 g/mol. The molecule has 0 aliphatic carbocycles. The molecule has 4 nitrogen and oxygen atoms in total. The van der Waals surface area contributed by atoms with Crippen LogP contribution in [0.1, 0.15) is 18.4 Å². The third-order valence-corrected chi connectivity index (χ3v) is 3.72. The molecule has 0 saturated carbocycles. The van der Waals surface area contributed by atoms with Crippen LogP contribution in [0.4, 0.5) is 4.39 Å². The van der Waals surface area contributed by atoms with Gasteiger partial charge < -0.3 is 15.8 Å². The molecule has 104 valence electrons. The van der Waals surface area contributed by atoms with E-state index in [0.29, 0.717) is 19.8 Å². The van der Waals surface area contributed by atoms with Gasteiger partial charge in [0.15, 0.2) is 0 Å². The van der Waals surface area contributed by atoms with Crippen LogP contribution in [0.5, 0.6) is 0 Å². The van der Waals surface area contributed by atoms with Gasteiger partial charge in [-0.15, -0.1) is 0 Å². The summed E-state index contributed by atoms with van der Waals surface area (Å²) in [6.07, 6.45) is 1.62. The average molecular weight is 266 g/mol. The third-order valence-electron chi connectivity index (χ3n) is 3.72. The quantitative estimate of drug-likeness (QED) is 0.852. The smallest absolute Gasteiger partial charge is 0.233 e. The molecular formula is C14H19FN2O2.